The highest BCUT2D eigenvalue weighted by molar-refractivity contribution is 5.42. The predicted octanol–water partition coefficient (Wildman–Crippen LogP) is 3.70. The van der Waals surface area contributed by atoms with Crippen LogP contribution in [0.25, 0.3) is 0 Å². The van der Waals surface area contributed by atoms with Crippen molar-refractivity contribution in [3.8, 4) is 0 Å². The van der Waals surface area contributed by atoms with Crippen molar-refractivity contribution in [2.75, 3.05) is 13.1 Å². The third-order valence-electron chi connectivity index (χ3n) is 2.32. The fraction of sp³-hybridized carbons (Fsp3) is 0.923. The van der Waals surface area contributed by atoms with Gasteiger partial charge in [0, 0.05) is 0 Å². The highest BCUT2D eigenvalue weighted by atomic mass is 16.1. The van der Waals surface area contributed by atoms with E-state index >= 15 is 0 Å². The molecular weight excluding hydrogens is 214 g/mol. The van der Waals surface area contributed by atoms with Gasteiger partial charge in [0.15, 0.2) is 0 Å². The van der Waals surface area contributed by atoms with E-state index in [1.165, 1.54) is 51.4 Å². The molecule has 0 heterocycles. The van der Waals surface area contributed by atoms with E-state index in [9.17, 15) is 0 Å². The Morgan fingerprint density at radius 1 is 0.824 bits per heavy atom. The molecule has 0 aliphatic heterocycles. The molecule has 4 nitrogen and oxygen atoms in total. The number of unbranched alkanes of at least 4 members (excludes halogenated alkanes) is 6. The normalized spacial score (nSPS) is 10.0. The summed E-state index contributed by atoms with van der Waals surface area (Å²) in [6.07, 6.45) is 10.6. The van der Waals surface area contributed by atoms with Crippen LogP contribution in [0.1, 0.15) is 65.2 Å². The largest absolute Gasteiger partial charge is 0.372 e. The van der Waals surface area contributed by atoms with Crippen LogP contribution in [0, 0.1) is 0 Å². The summed E-state index contributed by atoms with van der Waals surface area (Å²) < 4.78 is 0. The van der Waals surface area contributed by atoms with Gasteiger partial charge < -0.3 is 5.73 Å². The molecule has 0 radical (unpaired) electrons. The van der Waals surface area contributed by atoms with Gasteiger partial charge in [-0.05, 0) is 12.8 Å². The molecule has 17 heavy (non-hydrogen) atoms. The molecular formula is C13H29N3O. The SMILES string of the molecule is CCCCCCN=NCCCCCC.NC=O. The molecule has 0 spiro atoms. The molecule has 0 saturated heterocycles. The summed E-state index contributed by atoms with van der Waals surface area (Å²) >= 11 is 0. The van der Waals surface area contributed by atoms with Gasteiger partial charge in [-0.1, -0.05) is 52.4 Å². The van der Waals surface area contributed by atoms with Crippen molar-refractivity contribution in [3.63, 3.8) is 0 Å². The van der Waals surface area contributed by atoms with Crippen molar-refractivity contribution in [2.45, 2.75) is 65.2 Å². The maximum absolute atomic E-state index is 8.58. The molecule has 0 aromatic heterocycles. The van der Waals surface area contributed by atoms with E-state index in [2.05, 4.69) is 29.8 Å². The van der Waals surface area contributed by atoms with Crippen molar-refractivity contribution in [1.82, 2.24) is 0 Å². The van der Waals surface area contributed by atoms with Crippen LogP contribution in [0.5, 0.6) is 0 Å². The Morgan fingerprint density at radius 2 is 1.18 bits per heavy atom. The van der Waals surface area contributed by atoms with Crippen LogP contribution in [0.2, 0.25) is 0 Å². The van der Waals surface area contributed by atoms with Gasteiger partial charge in [0.2, 0.25) is 6.41 Å². The van der Waals surface area contributed by atoms with Crippen LogP contribution in [0.4, 0.5) is 0 Å². The Bertz CT molecular complexity index is 147. The number of carbonyl (C=O) groups excluding carboxylic acids is 1. The fourth-order valence-electron chi connectivity index (χ4n) is 1.36. The molecule has 0 fully saturated rings. The second-order valence-electron chi connectivity index (χ2n) is 3.99. The lowest BCUT2D eigenvalue weighted by atomic mass is 10.2. The number of nitrogens with two attached hydrogens (primary N) is 1. The van der Waals surface area contributed by atoms with Gasteiger partial charge in [0.25, 0.3) is 0 Å². The van der Waals surface area contributed by atoms with Gasteiger partial charge in [-0.25, -0.2) is 0 Å². The maximum Gasteiger partial charge on any atom is 0.204 e. The number of hydrogen-bond donors (Lipinski definition) is 1. The molecule has 0 aromatic carbocycles. The minimum Gasteiger partial charge on any atom is -0.372 e. The topological polar surface area (TPSA) is 67.8 Å². The number of primary amides is 1. The first-order valence-corrected chi connectivity index (χ1v) is 6.82. The summed E-state index contributed by atoms with van der Waals surface area (Å²) in [7, 11) is 0. The Hall–Kier alpha value is -0.930. The monoisotopic (exact) mass is 243 g/mol. The van der Waals surface area contributed by atoms with Crippen LogP contribution in [-0.2, 0) is 4.79 Å². The molecule has 0 aliphatic rings. The van der Waals surface area contributed by atoms with E-state index in [4.69, 9.17) is 4.79 Å². The summed E-state index contributed by atoms with van der Waals surface area (Å²) in [6.45, 7) is 6.34. The Kier molecular flexibility index (Phi) is 22.2. The minimum absolute atomic E-state index is 0.250. The van der Waals surface area contributed by atoms with Crippen LogP contribution in [0.3, 0.4) is 0 Å². The quantitative estimate of drug-likeness (QED) is 0.355. The zero-order valence-corrected chi connectivity index (χ0v) is 11.5. The molecule has 4 heteroatoms. The number of hydrogen-bond acceptors (Lipinski definition) is 3. The van der Waals surface area contributed by atoms with Gasteiger partial charge in [-0.3, -0.25) is 4.79 Å². The molecule has 0 aromatic rings. The summed E-state index contributed by atoms with van der Waals surface area (Å²) in [5, 5.41) is 8.33. The smallest absolute Gasteiger partial charge is 0.204 e. The Labute approximate surface area is 106 Å². The van der Waals surface area contributed by atoms with Crippen molar-refractivity contribution < 1.29 is 4.79 Å². The van der Waals surface area contributed by atoms with E-state index in [0.717, 1.165) is 13.1 Å². The predicted molar refractivity (Wildman–Crippen MR) is 73.1 cm³/mol. The maximum atomic E-state index is 8.58. The third-order valence-corrected chi connectivity index (χ3v) is 2.32. The number of carbonyl (C=O) groups is 1. The highest BCUT2D eigenvalue weighted by Crippen LogP contribution is 2.00. The Morgan fingerprint density at radius 3 is 1.47 bits per heavy atom. The van der Waals surface area contributed by atoms with Crippen molar-refractivity contribution in [1.29, 1.82) is 0 Å². The van der Waals surface area contributed by atoms with Gasteiger partial charge in [0.05, 0.1) is 13.1 Å². The highest BCUT2D eigenvalue weighted by Gasteiger charge is 1.87. The van der Waals surface area contributed by atoms with Crippen LogP contribution < -0.4 is 5.73 Å². The molecule has 0 atom stereocenters. The molecule has 0 aliphatic carbocycles. The third kappa shape index (κ3) is 25.4. The van der Waals surface area contributed by atoms with E-state index in [-0.39, 0.29) is 6.41 Å². The Balaban J connectivity index is 0. The molecule has 0 rings (SSSR count). The van der Waals surface area contributed by atoms with Crippen molar-refractivity contribution in [2.24, 2.45) is 16.0 Å². The van der Waals surface area contributed by atoms with Gasteiger partial charge >= 0.3 is 0 Å². The summed E-state index contributed by atoms with van der Waals surface area (Å²) in [6, 6.07) is 0. The number of amides is 1. The fourth-order valence-corrected chi connectivity index (χ4v) is 1.36. The van der Waals surface area contributed by atoms with Gasteiger partial charge in [-0.2, -0.15) is 10.2 Å². The van der Waals surface area contributed by atoms with Gasteiger partial charge in [0.1, 0.15) is 0 Å². The average Bonchev–Trinajstić information content (AvgIpc) is 2.33. The van der Waals surface area contributed by atoms with Crippen LogP contribution >= 0.6 is 0 Å². The van der Waals surface area contributed by atoms with Gasteiger partial charge in [-0.15, -0.1) is 0 Å². The first-order chi connectivity index (χ1) is 8.33. The molecule has 2 N–H and O–H groups in total. The van der Waals surface area contributed by atoms with E-state index in [1.807, 2.05) is 0 Å². The number of nitrogens with zero attached hydrogens (tertiary/aromatic N) is 2. The minimum atomic E-state index is 0.250. The molecule has 0 bridgehead atoms. The van der Waals surface area contributed by atoms with E-state index in [1.54, 1.807) is 0 Å². The second-order valence-corrected chi connectivity index (χ2v) is 3.99. The van der Waals surface area contributed by atoms with Crippen molar-refractivity contribution >= 4 is 6.41 Å². The standard InChI is InChI=1S/C12H26N2.CH3NO/c1-3-5-7-9-11-13-14-12-10-8-6-4-2;2-1-3/h3-12H2,1-2H3;1H,(H2,2,3). The summed E-state index contributed by atoms with van der Waals surface area (Å²) in [5.74, 6) is 0. The lowest BCUT2D eigenvalue weighted by Crippen LogP contribution is -1.83. The first kappa shape index (κ1) is 18.4. The lowest BCUT2D eigenvalue weighted by Gasteiger charge is -1.95. The average molecular weight is 243 g/mol. The van der Waals surface area contributed by atoms with Crippen LogP contribution in [-0.4, -0.2) is 19.5 Å². The molecule has 1 amide bonds. The summed E-state index contributed by atoms with van der Waals surface area (Å²) in [5.41, 5.74) is 4.17. The van der Waals surface area contributed by atoms with Crippen LogP contribution in [0.15, 0.2) is 10.2 Å². The first-order valence-electron chi connectivity index (χ1n) is 6.82. The molecule has 0 unspecified atom stereocenters. The van der Waals surface area contributed by atoms with E-state index in [0.29, 0.717) is 0 Å². The second kappa shape index (κ2) is 20.5. The van der Waals surface area contributed by atoms with E-state index < -0.39 is 0 Å². The number of rotatable bonds is 10. The number of azo groups is 1. The molecule has 0 saturated carbocycles. The zero-order chi connectivity index (χ0) is 13.2. The molecule has 102 valence electrons. The zero-order valence-electron chi connectivity index (χ0n) is 11.5. The lowest BCUT2D eigenvalue weighted by molar-refractivity contribution is -0.106. The summed E-state index contributed by atoms with van der Waals surface area (Å²) in [4.78, 5) is 8.58. The van der Waals surface area contributed by atoms with Crippen molar-refractivity contribution in [3.05, 3.63) is 0 Å².